The van der Waals surface area contributed by atoms with Gasteiger partial charge in [0.25, 0.3) is 0 Å². The summed E-state index contributed by atoms with van der Waals surface area (Å²) in [5, 5.41) is 12.1. The lowest BCUT2D eigenvalue weighted by atomic mass is 9.98. The molecule has 5 heteroatoms. The van der Waals surface area contributed by atoms with Gasteiger partial charge in [-0.1, -0.05) is 77.9 Å². The number of amides is 1. The minimum absolute atomic E-state index is 0.0442. The molecule has 0 bridgehead atoms. The van der Waals surface area contributed by atoms with Crippen LogP contribution in [0.5, 0.6) is 0 Å². The van der Waals surface area contributed by atoms with Crippen LogP contribution in [0.15, 0.2) is 66.7 Å². The normalized spacial score (nSPS) is 13.2. The Morgan fingerprint density at radius 2 is 1.48 bits per heavy atom. The Morgan fingerprint density at radius 3 is 2.03 bits per heavy atom. The van der Waals surface area contributed by atoms with E-state index in [9.17, 15) is 14.7 Å². The van der Waals surface area contributed by atoms with Gasteiger partial charge in [0, 0.05) is 5.92 Å². The molecule has 0 fully saturated rings. The number of fused-ring (bicyclic) bond motifs is 3. The van der Waals surface area contributed by atoms with Gasteiger partial charge in [0.2, 0.25) is 0 Å². The minimum atomic E-state index is -0.983. The topological polar surface area (TPSA) is 75.6 Å². The van der Waals surface area contributed by atoms with E-state index in [1.54, 1.807) is 0 Å². The van der Waals surface area contributed by atoms with Crippen molar-refractivity contribution in [1.29, 1.82) is 0 Å². The van der Waals surface area contributed by atoms with Gasteiger partial charge in [-0.15, -0.1) is 0 Å². The second kappa shape index (κ2) is 8.64. The molecule has 0 heterocycles. The maximum Gasteiger partial charge on any atom is 0.407 e. The molecule has 0 unspecified atom stereocenters. The fraction of sp³-hybridized carbons (Fsp3) is 0.231. The van der Waals surface area contributed by atoms with Crippen molar-refractivity contribution < 1.29 is 19.4 Å². The average molecular weight is 415 g/mol. The fourth-order valence-electron chi connectivity index (χ4n) is 4.42. The highest BCUT2D eigenvalue weighted by molar-refractivity contribution is 5.79. The van der Waals surface area contributed by atoms with Gasteiger partial charge in [0.1, 0.15) is 6.61 Å². The Balaban J connectivity index is 1.49. The van der Waals surface area contributed by atoms with Gasteiger partial charge < -0.3 is 15.2 Å². The summed E-state index contributed by atoms with van der Waals surface area (Å²) in [4.78, 5) is 24.0. The number of carboxylic acid groups (broad SMARTS) is 1. The molecule has 0 saturated heterocycles. The summed E-state index contributed by atoms with van der Waals surface area (Å²) in [6.07, 6.45) is -0.833. The summed E-state index contributed by atoms with van der Waals surface area (Å²) in [5.41, 5.74) is 7.37. The largest absolute Gasteiger partial charge is 0.481 e. The first-order valence-electron chi connectivity index (χ1n) is 10.3. The van der Waals surface area contributed by atoms with E-state index in [0.29, 0.717) is 0 Å². The van der Waals surface area contributed by atoms with Crippen LogP contribution in [0.3, 0.4) is 0 Å². The quantitative estimate of drug-likeness (QED) is 0.568. The number of hydrogen-bond donors (Lipinski definition) is 2. The van der Waals surface area contributed by atoms with Crippen molar-refractivity contribution in [2.24, 2.45) is 0 Å². The van der Waals surface area contributed by atoms with E-state index in [0.717, 1.165) is 38.9 Å². The average Bonchev–Trinajstić information content (AvgIpc) is 3.05. The van der Waals surface area contributed by atoms with Crippen molar-refractivity contribution in [3.8, 4) is 11.1 Å². The van der Waals surface area contributed by atoms with E-state index in [2.05, 4.69) is 29.6 Å². The zero-order chi connectivity index (χ0) is 22.0. The monoisotopic (exact) mass is 415 g/mol. The van der Waals surface area contributed by atoms with E-state index in [4.69, 9.17) is 4.74 Å². The first-order valence-corrected chi connectivity index (χ1v) is 10.3. The zero-order valence-corrected chi connectivity index (χ0v) is 17.6. The van der Waals surface area contributed by atoms with Crippen LogP contribution < -0.4 is 5.32 Å². The molecule has 2 N–H and O–H groups in total. The van der Waals surface area contributed by atoms with E-state index in [1.165, 1.54) is 0 Å². The Kier molecular flexibility index (Phi) is 5.76. The lowest BCUT2D eigenvalue weighted by molar-refractivity contribution is -0.137. The molecule has 31 heavy (non-hydrogen) atoms. The van der Waals surface area contributed by atoms with Crippen LogP contribution in [0.2, 0.25) is 0 Å². The Bertz CT molecular complexity index is 1070. The summed E-state index contributed by atoms with van der Waals surface area (Å²) in [6, 6.07) is 21.4. The number of carboxylic acids is 1. The Labute approximate surface area is 181 Å². The molecule has 1 amide bonds. The molecule has 0 radical (unpaired) electrons. The summed E-state index contributed by atoms with van der Waals surface area (Å²) >= 11 is 0. The van der Waals surface area contributed by atoms with Crippen molar-refractivity contribution in [3.63, 3.8) is 0 Å². The Morgan fingerprint density at radius 1 is 0.935 bits per heavy atom. The summed E-state index contributed by atoms with van der Waals surface area (Å²) in [5.74, 6) is -1.03. The van der Waals surface area contributed by atoms with Crippen LogP contribution in [0.4, 0.5) is 4.79 Å². The van der Waals surface area contributed by atoms with Crippen molar-refractivity contribution >= 4 is 12.1 Å². The molecule has 158 valence electrons. The number of aryl methyl sites for hydroxylation is 2. The van der Waals surface area contributed by atoms with Crippen molar-refractivity contribution in [2.45, 2.75) is 32.2 Å². The molecule has 1 atom stereocenters. The number of nitrogens with one attached hydrogen (secondary N) is 1. The van der Waals surface area contributed by atoms with Gasteiger partial charge in [-0.25, -0.2) is 4.79 Å². The lowest BCUT2D eigenvalue weighted by Crippen LogP contribution is -2.31. The number of ether oxygens (including phenoxy) is 1. The van der Waals surface area contributed by atoms with Crippen LogP contribution in [-0.2, 0) is 9.53 Å². The molecule has 0 spiro atoms. The second-order valence-electron chi connectivity index (χ2n) is 8.04. The number of hydrogen-bond acceptors (Lipinski definition) is 3. The first kappa shape index (κ1) is 20.7. The number of alkyl carbamates (subject to hydrolysis) is 1. The van der Waals surface area contributed by atoms with Gasteiger partial charge in [0.05, 0.1) is 12.5 Å². The van der Waals surface area contributed by atoms with Gasteiger partial charge in [-0.2, -0.15) is 0 Å². The Hall–Kier alpha value is -3.60. The highest BCUT2D eigenvalue weighted by Gasteiger charge is 2.29. The molecular formula is C26H25NO4. The van der Waals surface area contributed by atoms with Gasteiger partial charge >= 0.3 is 12.1 Å². The van der Waals surface area contributed by atoms with Crippen LogP contribution in [0, 0.1) is 13.8 Å². The predicted octanol–water partition coefficient (Wildman–Crippen LogP) is 5.36. The molecule has 0 aromatic heterocycles. The summed E-state index contributed by atoms with van der Waals surface area (Å²) < 4.78 is 5.59. The third-order valence-electron chi connectivity index (χ3n) is 5.66. The fourth-order valence-corrected chi connectivity index (χ4v) is 4.42. The van der Waals surface area contributed by atoms with Crippen LogP contribution in [0.25, 0.3) is 11.1 Å². The van der Waals surface area contributed by atoms with Crippen molar-refractivity contribution in [2.75, 3.05) is 6.61 Å². The first-order chi connectivity index (χ1) is 14.9. The highest BCUT2D eigenvalue weighted by Crippen LogP contribution is 2.44. The summed E-state index contributed by atoms with van der Waals surface area (Å²) in [7, 11) is 0. The number of benzene rings is 3. The zero-order valence-electron chi connectivity index (χ0n) is 17.6. The van der Waals surface area contributed by atoms with Gasteiger partial charge in [-0.05, 0) is 41.7 Å². The third kappa shape index (κ3) is 4.45. The maximum absolute atomic E-state index is 12.6. The number of carbonyl (C=O) groups is 2. The van der Waals surface area contributed by atoms with E-state index in [1.807, 2.05) is 56.3 Å². The minimum Gasteiger partial charge on any atom is -0.481 e. The molecule has 5 nitrogen and oxygen atoms in total. The molecule has 1 aliphatic rings. The van der Waals surface area contributed by atoms with E-state index >= 15 is 0 Å². The van der Waals surface area contributed by atoms with Crippen LogP contribution in [0.1, 0.15) is 46.2 Å². The van der Waals surface area contributed by atoms with Gasteiger partial charge in [0.15, 0.2) is 0 Å². The lowest BCUT2D eigenvalue weighted by Gasteiger charge is -2.20. The standard InChI is InChI=1S/C26H25NO4/c1-16-11-17(2)13-18(12-16)24(14-25(28)29)27-26(30)31-15-23-21-9-5-3-7-19(21)20-8-4-6-10-22(20)23/h3-13,23-24H,14-15H2,1-2H3,(H,27,30)(H,28,29)/t24-/m0/s1. The molecule has 3 aromatic carbocycles. The molecule has 0 aliphatic heterocycles. The third-order valence-corrected chi connectivity index (χ3v) is 5.66. The predicted molar refractivity (Wildman–Crippen MR) is 119 cm³/mol. The molecule has 0 saturated carbocycles. The molecule has 3 aromatic rings. The van der Waals surface area contributed by atoms with E-state index < -0.39 is 18.1 Å². The number of rotatable bonds is 6. The molecular weight excluding hydrogens is 390 g/mol. The van der Waals surface area contributed by atoms with Crippen molar-refractivity contribution in [3.05, 3.63) is 94.5 Å². The highest BCUT2D eigenvalue weighted by atomic mass is 16.5. The maximum atomic E-state index is 12.6. The van der Waals surface area contributed by atoms with Crippen LogP contribution in [-0.4, -0.2) is 23.8 Å². The van der Waals surface area contributed by atoms with E-state index in [-0.39, 0.29) is 18.9 Å². The van der Waals surface area contributed by atoms with Crippen LogP contribution >= 0.6 is 0 Å². The van der Waals surface area contributed by atoms with Gasteiger partial charge in [-0.3, -0.25) is 4.79 Å². The molecule has 1 aliphatic carbocycles. The summed E-state index contributed by atoms with van der Waals surface area (Å²) in [6.45, 7) is 4.08. The number of aliphatic carboxylic acids is 1. The SMILES string of the molecule is Cc1cc(C)cc([C@H](CC(=O)O)NC(=O)OCC2c3ccccc3-c3ccccc32)c1. The number of carbonyl (C=O) groups excluding carboxylic acids is 1. The smallest absolute Gasteiger partial charge is 0.407 e. The van der Waals surface area contributed by atoms with Crippen molar-refractivity contribution in [1.82, 2.24) is 5.32 Å². The second-order valence-corrected chi connectivity index (χ2v) is 8.04. The molecule has 4 rings (SSSR count).